The topological polar surface area (TPSA) is 72.9 Å². The molecule has 0 N–H and O–H groups in total. The number of Topliss-reactive ketones (excluding diaryl/α,β-unsaturated/α-hetero) is 1. The van der Waals surface area contributed by atoms with E-state index in [0.29, 0.717) is 28.3 Å². The first kappa shape index (κ1) is 31.0. The number of hydrogen-bond acceptors (Lipinski definition) is 5. The number of rotatable bonds is 7. The van der Waals surface area contributed by atoms with Crippen LogP contribution in [0.15, 0.2) is 132 Å². The second-order valence-corrected chi connectivity index (χ2v) is 13.6. The number of ketones is 1. The highest BCUT2D eigenvalue weighted by atomic mass is 79.9. The zero-order chi connectivity index (χ0) is 34.1. The Morgan fingerprint density at radius 2 is 1.02 bits per heavy atom. The summed E-state index contributed by atoms with van der Waals surface area (Å²) in [5, 5.41) is 0. The van der Waals surface area contributed by atoms with Gasteiger partial charge in [-0.15, -0.1) is 0 Å². The van der Waals surface area contributed by atoms with Gasteiger partial charge < -0.3 is 9.47 Å². The van der Waals surface area contributed by atoms with Crippen LogP contribution in [0.1, 0.15) is 27.8 Å². The van der Waals surface area contributed by atoms with Crippen LogP contribution in [-0.2, 0) is 25.2 Å². The van der Waals surface area contributed by atoms with Crippen LogP contribution in [0.5, 0.6) is 11.5 Å². The van der Waals surface area contributed by atoms with Crippen LogP contribution in [0.2, 0.25) is 0 Å². The van der Waals surface area contributed by atoms with Gasteiger partial charge in [0.1, 0.15) is 11.5 Å². The van der Waals surface area contributed by atoms with Gasteiger partial charge in [0.25, 0.3) is 0 Å². The van der Waals surface area contributed by atoms with Crippen LogP contribution >= 0.6 is 15.9 Å². The van der Waals surface area contributed by atoms with Crippen molar-refractivity contribution >= 4 is 50.4 Å². The molecule has 0 radical (unpaired) electrons. The number of aryl methyl sites for hydroxylation is 1. The molecule has 0 unspecified atom stereocenters. The molecular formula is C42H32BrNO5. The Kier molecular flexibility index (Phi) is 7.23. The maximum Gasteiger partial charge on any atom is 0.239 e. The maximum absolute atomic E-state index is 16.1. The number of carbonyl (C=O) groups is 3. The Hall–Kier alpha value is -5.27. The number of anilines is 1. The molecule has 0 aromatic heterocycles. The van der Waals surface area contributed by atoms with Crippen LogP contribution in [0.25, 0.3) is 11.1 Å². The van der Waals surface area contributed by atoms with Gasteiger partial charge in [-0.1, -0.05) is 107 Å². The van der Waals surface area contributed by atoms with Gasteiger partial charge in [-0.2, -0.15) is 0 Å². The van der Waals surface area contributed by atoms with E-state index >= 15 is 14.4 Å². The Morgan fingerprint density at radius 3 is 1.41 bits per heavy atom. The number of ether oxygens (including phenoxy) is 2. The van der Waals surface area contributed by atoms with E-state index in [-0.39, 0.29) is 17.6 Å². The molecule has 2 fully saturated rings. The number of fused-ring (bicyclic) bond motifs is 5. The van der Waals surface area contributed by atoms with Crippen molar-refractivity contribution in [1.82, 2.24) is 0 Å². The zero-order valence-corrected chi connectivity index (χ0v) is 28.7. The summed E-state index contributed by atoms with van der Waals surface area (Å²) in [6.45, 7) is 1.95. The standard InChI is InChI=1S/C42H32BrNO5/c1-25-14-19-30(24-33(25)43)44-38(45)36-37(39(44)46)42(29-12-8-5-9-13-29)35(27-17-22-32(49-3)23-18-27)34(26-15-20-31(48-2)21-16-26)41(36,40(42)47)28-10-6-4-7-11-28/h4-24,36-37H,1-3H3/t36-,37-,41+,42+/m1/s1. The Bertz CT molecular complexity index is 2050. The van der Waals surface area contributed by atoms with Gasteiger partial charge in [-0.25, -0.2) is 4.90 Å². The maximum atomic E-state index is 16.1. The van der Waals surface area contributed by atoms with Crippen LogP contribution in [0.4, 0.5) is 5.69 Å². The molecule has 1 saturated carbocycles. The van der Waals surface area contributed by atoms with Gasteiger partial charge in [-0.3, -0.25) is 14.4 Å². The highest BCUT2D eigenvalue weighted by Crippen LogP contribution is 2.74. The van der Waals surface area contributed by atoms with E-state index in [4.69, 9.17) is 9.47 Å². The summed E-state index contributed by atoms with van der Waals surface area (Å²) < 4.78 is 11.8. The van der Waals surface area contributed by atoms with Gasteiger partial charge in [0.15, 0.2) is 5.78 Å². The van der Waals surface area contributed by atoms with Crippen molar-refractivity contribution in [3.8, 4) is 11.5 Å². The molecule has 2 aliphatic carbocycles. The van der Waals surface area contributed by atoms with Crippen LogP contribution < -0.4 is 14.4 Å². The van der Waals surface area contributed by atoms with E-state index in [1.807, 2.05) is 128 Å². The zero-order valence-electron chi connectivity index (χ0n) is 27.1. The fourth-order valence-electron chi connectivity index (χ4n) is 8.62. The summed E-state index contributed by atoms with van der Waals surface area (Å²) in [7, 11) is 3.22. The van der Waals surface area contributed by atoms with Crippen molar-refractivity contribution < 1.29 is 23.9 Å². The van der Waals surface area contributed by atoms with E-state index in [1.54, 1.807) is 20.3 Å². The summed E-state index contributed by atoms with van der Waals surface area (Å²) in [4.78, 5) is 47.7. The normalized spacial score (nSPS) is 24.1. The summed E-state index contributed by atoms with van der Waals surface area (Å²) in [5.74, 6) is -1.63. The quantitative estimate of drug-likeness (QED) is 0.160. The monoisotopic (exact) mass is 709 g/mol. The number of amides is 2. The first-order valence-corrected chi connectivity index (χ1v) is 16.9. The molecule has 242 valence electrons. The van der Waals surface area contributed by atoms with E-state index in [9.17, 15) is 0 Å². The van der Waals surface area contributed by atoms with Gasteiger partial charge in [0.05, 0.1) is 42.6 Å². The van der Waals surface area contributed by atoms with Crippen LogP contribution in [0, 0.1) is 18.8 Å². The molecule has 6 nitrogen and oxygen atoms in total. The number of nitrogens with zero attached hydrogens (tertiary/aromatic N) is 1. The third kappa shape index (κ3) is 4.09. The molecule has 0 spiro atoms. The van der Waals surface area contributed by atoms with E-state index in [0.717, 1.165) is 32.3 Å². The Morgan fingerprint density at radius 1 is 0.592 bits per heavy atom. The molecule has 7 heteroatoms. The summed E-state index contributed by atoms with van der Waals surface area (Å²) in [6, 6.07) is 39.8. The summed E-state index contributed by atoms with van der Waals surface area (Å²) >= 11 is 3.61. The fraction of sp³-hybridized carbons (Fsp3) is 0.167. The minimum absolute atomic E-state index is 0.171. The second-order valence-electron chi connectivity index (χ2n) is 12.8. The van der Waals surface area contributed by atoms with E-state index in [2.05, 4.69) is 15.9 Å². The van der Waals surface area contributed by atoms with Gasteiger partial charge >= 0.3 is 0 Å². The Balaban J connectivity index is 1.54. The van der Waals surface area contributed by atoms with E-state index < -0.39 is 22.7 Å². The number of carbonyl (C=O) groups excluding carboxylic acids is 3. The number of halogens is 1. The predicted octanol–water partition coefficient (Wildman–Crippen LogP) is 7.96. The van der Waals surface area contributed by atoms with Crippen molar-refractivity contribution in [2.24, 2.45) is 11.8 Å². The average Bonchev–Trinajstić information content (AvgIpc) is 3.65. The first-order valence-electron chi connectivity index (χ1n) is 16.1. The molecule has 49 heavy (non-hydrogen) atoms. The number of benzene rings is 5. The molecule has 2 bridgehead atoms. The third-order valence-electron chi connectivity index (χ3n) is 10.6. The SMILES string of the molecule is COc1ccc(C2=C(c3ccc(OC)cc3)[C@]3(c4ccccc4)C(=O)[C@]2(c2ccccc2)[C@H]2C(=O)N(c4ccc(C)c(Br)c4)C(=O)[C@@H]23)cc1. The van der Waals surface area contributed by atoms with Gasteiger partial charge in [0.2, 0.25) is 11.8 Å². The average molecular weight is 711 g/mol. The smallest absolute Gasteiger partial charge is 0.239 e. The fourth-order valence-corrected chi connectivity index (χ4v) is 8.98. The molecule has 3 aliphatic rings. The lowest BCUT2D eigenvalue weighted by Crippen LogP contribution is -2.45. The lowest BCUT2D eigenvalue weighted by Gasteiger charge is -2.39. The molecular weight excluding hydrogens is 678 g/mol. The highest BCUT2D eigenvalue weighted by Gasteiger charge is 2.82. The van der Waals surface area contributed by atoms with Crippen molar-refractivity contribution in [1.29, 1.82) is 0 Å². The molecule has 8 rings (SSSR count). The first-order chi connectivity index (χ1) is 23.8. The minimum Gasteiger partial charge on any atom is -0.497 e. The Labute approximate surface area is 293 Å². The summed E-state index contributed by atoms with van der Waals surface area (Å²) in [6.07, 6.45) is 0. The molecule has 5 aromatic rings. The van der Waals surface area contributed by atoms with Crippen molar-refractivity contribution in [2.45, 2.75) is 17.8 Å². The number of allylic oxidation sites excluding steroid dienone is 2. The third-order valence-corrected chi connectivity index (χ3v) is 11.5. The molecule has 4 atom stereocenters. The van der Waals surface area contributed by atoms with E-state index in [1.165, 1.54) is 4.90 Å². The second kappa shape index (κ2) is 11.4. The van der Waals surface area contributed by atoms with Gasteiger partial charge in [-0.05, 0) is 82.3 Å². The molecule has 1 heterocycles. The van der Waals surface area contributed by atoms with Crippen molar-refractivity contribution in [3.63, 3.8) is 0 Å². The number of hydrogen-bond donors (Lipinski definition) is 0. The lowest BCUT2D eigenvalue weighted by molar-refractivity contribution is -0.130. The molecule has 1 aliphatic heterocycles. The molecule has 5 aromatic carbocycles. The lowest BCUT2D eigenvalue weighted by atomic mass is 9.59. The van der Waals surface area contributed by atoms with Gasteiger partial charge in [0, 0.05) is 4.47 Å². The molecule has 1 saturated heterocycles. The molecule has 2 amide bonds. The number of methoxy groups -OCH3 is 2. The van der Waals surface area contributed by atoms with Crippen molar-refractivity contribution in [3.05, 3.63) is 160 Å². The minimum atomic E-state index is -1.49. The predicted molar refractivity (Wildman–Crippen MR) is 192 cm³/mol. The van der Waals surface area contributed by atoms with Crippen molar-refractivity contribution in [2.75, 3.05) is 19.1 Å². The van der Waals surface area contributed by atoms with Crippen LogP contribution in [0.3, 0.4) is 0 Å². The summed E-state index contributed by atoms with van der Waals surface area (Å²) in [5.41, 5.74) is 2.80. The number of imide groups is 1. The largest absolute Gasteiger partial charge is 0.497 e. The van der Waals surface area contributed by atoms with Crippen LogP contribution in [-0.4, -0.2) is 31.8 Å². The highest BCUT2D eigenvalue weighted by molar-refractivity contribution is 9.10.